The minimum absolute atomic E-state index is 0.0178. The maximum Gasteiger partial charge on any atom is 0.410 e. The number of amides is 2. The first-order chi connectivity index (χ1) is 16.1. The second-order valence-corrected chi connectivity index (χ2v) is 9.81. The molecular weight excluding hydrogens is 418 g/mol. The van der Waals surface area contributed by atoms with Crippen LogP contribution in [0.2, 0.25) is 0 Å². The summed E-state index contributed by atoms with van der Waals surface area (Å²) in [6.07, 6.45) is 7.68. The van der Waals surface area contributed by atoms with Gasteiger partial charge in [-0.25, -0.2) is 4.79 Å². The molecule has 2 atom stereocenters. The van der Waals surface area contributed by atoms with Crippen LogP contribution in [-0.2, 0) is 14.3 Å². The van der Waals surface area contributed by atoms with E-state index in [-0.39, 0.29) is 24.1 Å². The number of unbranched alkanes of at least 4 members (excludes halogenated alkanes) is 1. The van der Waals surface area contributed by atoms with Crippen LogP contribution >= 0.6 is 0 Å². The molecule has 1 spiro atoms. The lowest BCUT2D eigenvalue weighted by molar-refractivity contribution is -0.128. The average Bonchev–Trinajstić information content (AvgIpc) is 2.84. The molecule has 4 rings (SSSR count). The molecular formula is C26H39N3O4. The van der Waals surface area contributed by atoms with E-state index in [4.69, 9.17) is 9.47 Å². The third-order valence-electron chi connectivity index (χ3n) is 7.54. The molecule has 7 nitrogen and oxygen atoms in total. The van der Waals surface area contributed by atoms with Gasteiger partial charge in [-0.1, -0.05) is 43.7 Å². The Morgan fingerprint density at radius 2 is 1.97 bits per heavy atom. The number of carbonyl (C=O) groups excluding carboxylic acids is 2. The minimum atomic E-state index is -0.501. The lowest BCUT2D eigenvalue weighted by atomic mass is 9.79. The van der Waals surface area contributed by atoms with Crippen molar-refractivity contribution in [3.8, 4) is 0 Å². The van der Waals surface area contributed by atoms with Crippen molar-refractivity contribution < 1.29 is 19.1 Å². The van der Waals surface area contributed by atoms with E-state index in [2.05, 4.69) is 47.9 Å². The van der Waals surface area contributed by atoms with Crippen molar-refractivity contribution in [2.75, 3.05) is 32.8 Å². The van der Waals surface area contributed by atoms with Gasteiger partial charge in [-0.2, -0.15) is 0 Å². The zero-order chi connectivity index (χ0) is 23.1. The summed E-state index contributed by atoms with van der Waals surface area (Å²) in [5.41, 5.74) is 0.915. The highest BCUT2D eigenvalue weighted by Crippen LogP contribution is 2.35. The first-order valence-corrected chi connectivity index (χ1v) is 12.7. The lowest BCUT2D eigenvalue weighted by Gasteiger charge is -2.51. The molecule has 2 N–H and O–H groups in total. The van der Waals surface area contributed by atoms with Crippen LogP contribution in [0.25, 0.3) is 0 Å². The van der Waals surface area contributed by atoms with Crippen LogP contribution in [0.1, 0.15) is 69.8 Å². The molecule has 0 unspecified atom stereocenters. The molecule has 0 radical (unpaired) electrons. The monoisotopic (exact) mass is 457 g/mol. The molecule has 182 valence electrons. The molecule has 3 aliphatic rings. The normalized spacial score (nSPS) is 30.2. The molecule has 3 fully saturated rings. The molecule has 1 aromatic carbocycles. The van der Waals surface area contributed by atoms with Crippen LogP contribution in [0.15, 0.2) is 30.3 Å². The highest BCUT2D eigenvalue weighted by atomic mass is 16.6. The molecule has 1 aliphatic carbocycles. The van der Waals surface area contributed by atoms with E-state index in [0.29, 0.717) is 38.8 Å². The fourth-order valence-corrected chi connectivity index (χ4v) is 5.67. The Kier molecular flexibility index (Phi) is 8.25. The number of piperazine rings is 1. The van der Waals surface area contributed by atoms with Crippen LogP contribution in [0.3, 0.4) is 0 Å². The van der Waals surface area contributed by atoms with Gasteiger partial charge in [0.25, 0.3) is 0 Å². The fourth-order valence-electron chi connectivity index (χ4n) is 5.67. The maximum absolute atomic E-state index is 13.0. The summed E-state index contributed by atoms with van der Waals surface area (Å²) in [6, 6.07) is 10.5. The van der Waals surface area contributed by atoms with Crippen LogP contribution in [-0.4, -0.2) is 67.4 Å². The van der Waals surface area contributed by atoms with Gasteiger partial charge < -0.3 is 25.0 Å². The smallest absolute Gasteiger partial charge is 0.410 e. The number of nitrogens with one attached hydrogen (secondary N) is 2. The Balaban J connectivity index is 1.39. The number of piperidine rings is 1. The molecule has 1 aromatic rings. The number of hydrogen-bond donors (Lipinski definition) is 2. The van der Waals surface area contributed by atoms with E-state index in [1.54, 1.807) is 0 Å². The lowest BCUT2D eigenvalue weighted by Crippen LogP contribution is -2.74. The Labute approximate surface area is 197 Å². The van der Waals surface area contributed by atoms with Gasteiger partial charge in [0, 0.05) is 13.1 Å². The Morgan fingerprint density at radius 3 is 2.70 bits per heavy atom. The van der Waals surface area contributed by atoms with Gasteiger partial charge in [-0.05, 0) is 56.4 Å². The van der Waals surface area contributed by atoms with Gasteiger partial charge in [0.1, 0.15) is 0 Å². The highest BCUT2D eigenvalue weighted by molar-refractivity contribution is 5.80. The molecule has 2 heterocycles. The second kappa shape index (κ2) is 11.3. The van der Waals surface area contributed by atoms with Gasteiger partial charge in [0.2, 0.25) is 5.91 Å². The molecule has 2 aliphatic heterocycles. The number of hydrogen-bond acceptors (Lipinski definition) is 5. The van der Waals surface area contributed by atoms with Gasteiger partial charge in [-0.15, -0.1) is 0 Å². The van der Waals surface area contributed by atoms with Crippen molar-refractivity contribution in [2.45, 2.75) is 81.9 Å². The van der Waals surface area contributed by atoms with Crippen molar-refractivity contribution in [3.05, 3.63) is 35.9 Å². The van der Waals surface area contributed by atoms with E-state index in [0.717, 1.165) is 51.4 Å². The predicted octanol–water partition coefficient (Wildman–Crippen LogP) is 3.59. The van der Waals surface area contributed by atoms with Crippen molar-refractivity contribution in [3.63, 3.8) is 0 Å². The Morgan fingerprint density at radius 1 is 1.18 bits per heavy atom. The van der Waals surface area contributed by atoms with E-state index in [9.17, 15) is 9.59 Å². The van der Waals surface area contributed by atoms with Gasteiger partial charge in [-0.3, -0.25) is 4.79 Å². The number of ether oxygens (including phenoxy) is 2. The standard InChI is InChI=1S/C26H39N3O4/c1-2-3-16-32-25(31)29-15-7-14-26(19-27-17-24(30)28-26)23(29)18-33-22-12-10-21(11-13-22)20-8-5-4-6-9-20/h4-6,8-9,21-23,27H,2-3,7,10-19H2,1H3,(H,28,30)/t21?,22?,23-,26+/m0/s1. The zero-order valence-corrected chi connectivity index (χ0v) is 19.9. The quantitative estimate of drug-likeness (QED) is 0.612. The van der Waals surface area contributed by atoms with E-state index < -0.39 is 5.54 Å². The van der Waals surface area contributed by atoms with E-state index >= 15 is 0 Å². The summed E-state index contributed by atoms with van der Waals surface area (Å²) in [5.74, 6) is 0.578. The first-order valence-electron chi connectivity index (χ1n) is 12.7. The summed E-state index contributed by atoms with van der Waals surface area (Å²) in [7, 11) is 0. The van der Waals surface area contributed by atoms with Crippen molar-refractivity contribution in [2.24, 2.45) is 0 Å². The molecule has 0 bridgehead atoms. The number of carbonyl (C=O) groups is 2. The van der Waals surface area contributed by atoms with Crippen molar-refractivity contribution in [1.82, 2.24) is 15.5 Å². The van der Waals surface area contributed by atoms with Crippen LogP contribution in [0.5, 0.6) is 0 Å². The predicted molar refractivity (Wildman–Crippen MR) is 127 cm³/mol. The highest BCUT2D eigenvalue weighted by Gasteiger charge is 2.49. The molecule has 1 saturated carbocycles. The molecule has 0 aromatic heterocycles. The molecule has 7 heteroatoms. The van der Waals surface area contributed by atoms with Gasteiger partial charge in [0.15, 0.2) is 0 Å². The Hall–Kier alpha value is -2.12. The number of rotatable bonds is 7. The number of likely N-dealkylation sites (tertiary alicyclic amines) is 1. The average molecular weight is 458 g/mol. The minimum Gasteiger partial charge on any atom is -0.449 e. The third kappa shape index (κ3) is 5.87. The zero-order valence-electron chi connectivity index (χ0n) is 19.9. The topological polar surface area (TPSA) is 79.9 Å². The summed E-state index contributed by atoms with van der Waals surface area (Å²) in [4.78, 5) is 27.1. The SMILES string of the molecule is CCCCOC(=O)N1CCC[C@@]2(CNCC(=O)N2)[C@@H]1COC1CCC(c2ccccc2)CC1. The van der Waals surface area contributed by atoms with Crippen LogP contribution in [0, 0.1) is 0 Å². The summed E-state index contributed by atoms with van der Waals surface area (Å²) in [6.45, 7) is 4.53. The maximum atomic E-state index is 13.0. The van der Waals surface area contributed by atoms with E-state index in [1.165, 1.54) is 5.56 Å². The van der Waals surface area contributed by atoms with Gasteiger partial charge in [0.05, 0.1) is 37.4 Å². The first kappa shape index (κ1) is 24.0. The fraction of sp³-hybridized carbons (Fsp3) is 0.692. The van der Waals surface area contributed by atoms with Gasteiger partial charge >= 0.3 is 6.09 Å². The molecule has 2 amide bonds. The third-order valence-corrected chi connectivity index (χ3v) is 7.54. The van der Waals surface area contributed by atoms with E-state index in [1.807, 2.05) is 4.90 Å². The Bertz CT molecular complexity index is 777. The molecule has 2 saturated heterocycles. The number of nitrogens with zero attached hydrogens (tertiary/aromatic N) is 1. The van der Waals surface area contributed by atoms with Crippen molar-refractivity contribution >= 4 is 12.0 Å². The van der Waals surface area contributed by atoms with Crippen LogP contribution < -0.4 is 10.6 Å². The largest absolute Gasteiger partial charge is 0.449 e. The second-order valence-electron chi connectivity index (χ2n) is 9.81. The van der Waals surface area contributed by atoms with Crippen molar-refractivity contribution in [1.29, 1.82) is 0 Å². The summed E-state index contributed by atoms with van der Waals surface area (Å²) >= 11 is 0. The number of benzene rings is 1. The molecule has 33 heavy (non-hydrogen) atoms. The summed E-state index contributed by atoms with van der Waals surface area (Å²) in [5, 5.41) is 6.47. The van der Waals surface area contributed by atoms with Crippen LogP contribution in [0.4, 0.5) is 4.79 Å². The summed E-state index contributed by atoms with van der Waals surface area (Å²) < 4.78 is 12.0.